The van der Waals surface area contributed by atoms with Gasteiger partial charge in [-0.2, -0.15) is 0 Å². The first kappa shape index (κ1) is 10.3. The third kappa shape index (κ3) is 1.51. The Balaban J connectivity index is 2.29. The number of hydroxylamine groups is 1. The minimum atomic E-state index is 0.0183. The molecule has 1 aliphatic carbocycles. The normalized spacial score (nSPS) is 14.6. The fourth-order valence-corrected chi connectivity index (χ4v) is 2.59. The molecule has 2 heterocycles. The summed E-state index contributed by atoms with van der Waals surface area (Å²) in [5, 5.41) is 17.6. The van der Waals surface area contributed by atoms with Crippen molar-refractivity contribution in [3.63, 3.8) is 0 Å². The summed E-state index contributed by atoms with van der Waals surface area (Å²) in [6.45, 7) is 0. The minimum absolute atomic E-state index is 0.0183. The first-order valence-corrected chi connectivity index (χ1v) is 5.78. The van der Waals surface area contributed by atoms with Crippen LogP contribution in [0.4, 0.5) is 0 Å². The molecule has 0 atom stereocenters. The van der Waals surface area contributed by atoms with E-state index in [2.05, 4.69) is 9.97 Å². The molecule has 3 rings (SSSR count). The standard InChI is InChI=1S/C12H14N4O/c13-11(16-17)8-5-6-14-12-10(8)7-3-1-2-4-9(7)15-12/h5-6,17H,1-4H2,(H2,13,16)(H,14,15). The third-order valence-corrected chi connectivity index (χ3v) is 3.37. The highest BCUT2D eigenvalue weighted by atomic mass is 16.5. The van der Waals surface area contributed by atoms with Gasteiger partial charge < -0.3 is 4.98 Å². The molecule has 4 N–H and O–H groups in total. The van der Waals surface area contributed by atoms with Crippen molar-refractivity contribution in [2.24, 2.45) is 0 Å². The zero-order valence-electron chi connectivity index (χ0n) is 9.38. The number of nitrogens with zero attached hydrogens (tertiary/aromatic N) is 1. The molecule has 0 fully saturated rings. The number of rotatable bonds is 1. The SMILES string of the molecule is N=C(NO)c1ccnc2[nH]c3c(c12)CCCC3. The summed E-state index contributed by atoms with van der Waals surface area (Å²) in [5.74, 6) is 0.0183. The highest BCUT2D eigenvalue weighted by molar-refractivity contribution is 6.07. The van der Waals surface area contributed by atoms with Gasteiger partial charge >= 0.3 is 0 Å². The van der Waals surface area contributed by atoms with Crippen LogP contribution in [0.2, 0.25) is 0 Å². The van der Waals surface area contributed by atoms with Crippen LogP contribution in [-0.4, -0.2) is 21.0 Å². The molecule has 0 aromatic carbocycles. The van der Waals surface area contributed by atoms with Gasteiger partial charge in [0.2, 0.25) is 0 Å². The molecule has 17 heavy (non-hydrogen) atoms. The van der Waals surface area contributed by atoms with Gasteiger partial charge in [0, 0.05) is 22.8 Å². The molecule has 0 aliphatic heterocycles. The molecular formula is C12H14N4O. The minimum Gasteiger partial charge on any atom is -0.343 e. The number of hydrogen-bond acceptors (Lipinski definition) is 3. The molecule has 0 unspecified atom stereocenters. The Morgan fingerprint density at radius 2 is 2.24 bits per heavy atom. The zero-order chi connectivity index (χ0) is 11.8. The van der Waals surface area contributed by atoms with Crippen LogP contribution < -0.4 is 5.48 Å². The maximum absolute atomic E-state index is 8.88. The number of nitrogens with one attached hydrogen (secondary N) is 3. The van der Waals surface area contributed by atoms with E-state index in [9.17, 15) is 0 Å². The predicted molar refractivity (Wildman–Crippen MR) is 64.5 cm³/mol. The fraction of sp³-hybridized carbons (Fsp3) is 0.333. The van der Waals surface area contributed by atoms with Gasteiger partial charge in [0.1, 0.15) is 11.5 Å². The van der Waals surface area contributed by atoms with Crippen LogP contribution in [0.1, 0.15) is 29.7 Å². The Hall–Kier alpha value is -1.88. The lowest BCUT2D eigenvalue weighted by Gasteiger charge is -2.11. The molecule has 1 aliphatic rings. The lowest BCUT2D eigenvalue weighted by Crippen LogP contribution is -2.19. The molecule has 2 aromatic rings. The Morgan fingerprint density at radius 3 is 3.06 bits per heavy atom. The number of aromatic amines is 1. The number of aromatic nitrogens is 2. The summed E-state index contributed by atoms with van der Waals surface area (Å²) in [6.07, 6.45) is 6.10. The molecule has 0 spiro atoms. The van der Waals surface area contributed by atoms with Crippen LogP contribution >= 0.6 is 0 Å². The van der Waals surface area contributed by atoms with Gasteiger partial charge in [0.25, 0.3) is 0 Å². The lowest BCUT2D eigenvalue weighted by atomic mass is 9.94. The average molecular weight is 230 g/mol. The van der Waals surface area contributed by atoms with Crippen molar-refractivity contribution in [2.75, 3.05) is 0 Å². The van der Waals surface area contributed by atoms with E-state index >= 15 is 0 Å². The molecule has 0 amide bonds. The summed E-state index contributed by atoms with van der Waals surface area (Å²) < 4.78 is 0. The van der Waals surface area contributed by atoms with Gasteiger partial charge in [-0.3, -0.25) is 16.1 Å². The van der Waals surface area contributed by atoms with Crippen molar-refractivity contribution in [1.29, 1.82) is 5.41 Å². The molecule has 5 heteroatoms. The summed E-state index contributed by atoms with van der Waals surface area (Å²) in [5.41, 5.74) is 5.92. The smallest absolute Gasteiger partial charge is 0.150 e. The van der Waals surface area contributed by atoms with Gasteiger partial charge in [-0.05, 0) is 37.3 Å². The quantitative estimate of drug-likeness (QED) is 0.342. The maximum atomic E-state index is 8.88. The Kier molecular flexibility index (Phi) is 2.33. The largest absolute Gasteiger partial charge is 0.343 e. The first-order chi connectivity index (χ1) is 8.31. The molecule has 0 saturated heterocycles. The summed E-state index contributed by atoms with van der Waals surface area (Å²) in [7, 11) is 0. The Morgan fingerprint density at radius 1 is 1.41 bits per heavy atom. The van der Waals surface area contributed by atoms with E-state index in [0.717, 1.165) is 23.9 Å². The predicted octanol–water partition coefficient (Wildman–Crippen LogP) is 1.75. The van der Waals surface area contributed by atoms with Gasteiger partial charge in [-0.15, -0.1) is 0 Å². The molecule has 0 radical (unpaired) electrons. The van der Waals surface area contributed by atoms with E-state index in [-0.39, 0.29) is 5.84 Å². The van der Waals surface area contributed by atoms with Crippen LogP contribution in [0.3, 0.4) is 0 Å². The van der Waals surface area contributed by atoms with Crippen molar-refractivity contribution in [1.82, 2.24) is 15.4 Å². The number of pyridine rings is 1. The van der Waals surface area contributed by atoms with Crippen LogP contribution in [0, 0.1) is 5.41 Å². The summed E-state index contributed by atoms with van der Waals surface area (Å²) >= 11 is 0. The van der Waals surface area contributed by atoms with Crippen LogP contribution in [0.25, 0.3) is 11.0 Å². The van der Waals surface area contributed by atoms with Crippen molar-refractivity contribution in [3.8, 4) is 0 Å². The van der Waals surface area contributed by atoms with E-state index in [4.69, 9.17) is 10.6 Å². The van der Waals surface area contributed by atoms with Crippen LogP contribution in [-0.2, 0) is 12.8 Å². The number of aryl methyl sites for hydroxylation is 2. The van der Waals surface area contributed by atoms with Crippen molar-refractivity contribution < 1.29 is 5.21 Å². The van der Waals surface area contributed by atoms with Gasteiger partial charge in [0.15, 0.2) is 0 Å². The summed E-state index contributed by atoms with van der Waals surface area (Å²) in [6, 6.07) is 1.76. The maximum Gasteiger partial charge on any atom is 0.150 e. The highest BCUT2D eigenvalue weighted by Gasteiger charge is 2.19. The van der Waals surface area contributed by atoms with Gasteiger partial charge in [-0.25, -0.2) is 4.98 Å². The van der Waals surface area contributed by atoms with Gasteiger partial charge in [0.05, 0.1) is 0 Å². The monoisotopic (exact) mass is 230 g/mol. The van der Waals surface area contributed by atoms with E-state index < -0.39 is 0 Å². The highest BCUT2D eigenvalue weighted by Crippen LogP contribution is 2.30. The first-order valence-electron chi connectivity index (χ1n) is 5.78. The molecule has 0 saturated carbocycles. The second-order valence-corrected chi connectivity index (χ2v) is 4.36. The molecule has 5 nitrogen and oxygen atoms in total. The number of hydrogen-bond donors (Lipinski definition) is 4. The van der Waals surface area contributed by atoms with E-state index in [1.165, 1.54) is 24.1 Å². The number of fused-ring (bicyclic) bond motifs is 3. The molecular weight excluding hydrogens is 216 g/mol. The van der Waals surface area contributed by atoms with E-state index in [1.54, 1.807) is 12.3 Å². The zero-order valence-corrected chi connectivity index (χ0v) is 9.38. The topological polar surface area (TPSA) is 84.8 Å². The van der Waals surface area contributed by atoms with Gasteiger partial charge in [-0.1, -0.05) is 0 Å². The van der Waals surface area contributed by atoms with E-state index in [0.29, 0.717) is 5.56 Å². The molecule has 88 valence electrons. The number of H-pyrrole nitrogens is 1. The summed E-state index contributed by atoms with van der Waals surface area (Å²) in [4.78, 5) is 7.62. The van der Waals surface area contributed by atoms with Crippen molar-refractivity contribution in [3.05, 3.63) is 29.1 Å². The van der Waals surface area contributed by atoms with Crippen molar-refractivity contribution >= 4 is 16.9 Å². The van der Waals surface area contributed by atoms with E-state index in [1.807, 2.05) is 5.48 Å². The number of amidine groups is 1. The Bertz CT molecular complexity index is 587. The average Bonchev–Trinajstić information content (AvgIpc) is 2.76. The second kappa shape index (κ2) is 3.85. The van der Waals surface area contributed by atoms with Crippen molar-refractivity contribution in [2.45, 2.75) is 25.7 Å². The third-order valence-electron chi connectivity index (χ3n) is 3.37. The van der Waals surface area contributed by atoms with Crippen LogP contribution in [0.15, 0.2) is 12.3 Å². The van der Waals surface area contributed by atoms with Crippen LogP contribution in [0.5, 0.6) is 0 Å². The lowest BCUT2D eigenvalue weighted by molar-refractivity contribution is 0.234. The molecule has 2 aromatic heterocycles. The Labute approximate surface area is 98.3 Å². The fourth-order valence-electron chi connectivity index (χ4n) is 2.59. The second-order valence-electron chi connectivity index (χ2n) is 4.36. The molecule has 0 bridgehead atoms.